The van der Waals surface area contributed by atoms with Crippen molar-refractivity contribution < 1.29 is 5.11 Å². The molecule has 0 aliphatic carbocycles. The summed E-state index contributed by atoms with van der Waals surface area (Å²) in [6.45, 7) is 8.13. The molecule has 2 heteroatoms. The minimum Gasteiger partial charge on any atom is -0.384 e. The molecule has 0 heterocycles. The average Bonchev–Trinajstić information content (AvgIpc) is 2.36. The second-order valence-electron chi connectivity index (χ2n) is 5.20. The fourth-order valence-corrected chi connectivity index (χ4v) is 2.43. The molecule has 0 fully saturated rings. The Morgan fingerprint density at radius 2 is 1.47 bits per heavy atom. The molecule has 0 saturated heterocycles. The van der Waals surface area contributed by atoms with E-state index in [9.17, 15) is 5.11 Å². The molecule has 0 aliphatic rings. The van der Waals surface area contributed by atoms with E-state index in [2.05, 4.69) is 26.0 Å². The summed E-state index contributed by atoms with van der Waals surface area (Å²) in [6.07, 6.45) is -0.627. The number of benzene rings is 2. The summed E-state index contributed by atoms with van der Waals surface area (Å²) in [5, 5.41) is 11.2. The van der Waals surface area contributed by atoms with Gasteiger partial charge in [-0.25, -0.2) is 0 Å². The van der Waals surface area contributed by atoms with Crippen LogP contribution in [0.1, 0.15) is 39.5 Å². The van der Waals surface area contributed by atoms with Gasteiger partial charge in [-0.1, -0.05) is 35.9 Å². The molecule has 0 spiro atoms. The van der Waals surface area contributed by atoms with Crippen LogP contribution in [-0.2, 0) is 0 Å². The van der Waals surface area contributed by atoms with Crippen molar-refractivity contribution in [2.24, 2.45) is 0 Å². The summed E-state index contributed by atoms with van der Waals surface area (Å²) >= 11 is 6.13. The van der Waals surface area contributed by atoms with E-state index in [4.69, 9.17) is 11.6 Å². The quantitative estimate of drug-likeness (QED) is 0.845. The van der Waals surface area contributed by atoms with Crippen LogP contribution in [0.25, 0.3) is 0 Å². The van der Waals surface area contributed by atoms with Gasteiger partial charge in [0.1, 0.15) is 6.10 Å². The number of hydrogen-bond donors (Lipinski definition) is 1. The Morgan fingerprint density at radius 3 is 2.11 bits per heavy atom. The Labute approximate surface area is 119 Å². The molecule has 2 aromatic rings. The number of rotatable bonds is 2. The average molecular weight is 275 g/mol. The van der Waals surface area contributed by atoms with Crippen molar-refractivity contribution in [1.82, 2.24) is 0 Å². The molecule has 2 aromatic carbocycles. The molecule has 2 rings (SSSR count). The van der Waals surface area contributed by atoms with E-state index >= 15 is 0 Å². The predicted molar refractivity (Wildman–Crippen MR) is 80.9 cm³/mol. The maximum absolute atomic E-state index is 10.5. The van der Waals surface area contributed by atoms with Gasteiger partial charge in [-0.2, -0.15) is 0 Å². The fraction of sp³-hybridized carbons (Fsp3) is 0.294. The van der Waals surface area contributed by atoms with Crippen molar-refractivity contribution in [3.05, 3.63) is 68.7 Å². The van der Waals surface area contributed by atoms with Crippen LogP contribution in [0.5, 0.6) is 0 Å². The summed E-state index contributed by atoms with van der Waals surface area (Å²) in [7, 11) is 0. The van der Waals surface area contributed by atoms with Crippen molar-refractivity contribution >= 4 is 11.6 Å². The van der Waals surface area contributed by atoms with Crippen LogP contribution in [-0.4, -0.2) is 5.11 Å². The Balaban J connectivity index is 2.46. The van der Waals surface area contributed by atoms with Crippen LogP contribution in [0.2, 0.25) is 5.02 Å². The maximum Gasteiger partial charge on any atom is 0.104 e. The third-order valence-electron chi connectivity index (χ3n) is 3.69. The molecule has 100 valence electrons. The highest BCUT2D eigenvalue weighted by molar-refractivity contribution is 6.31. The van der Waals surface area contributed by atoms with Gasteiger partial charge in [0.25, 0.3) is 0 Å². The van der Waals surface area contributed by atoms with Crippen LogP contribution in [0.15, 0.2) is 30.3 Å². The number of aliphatic hydroxyl groups is 1. The molecule has 0 radical (unpaired) electrons. The second-order valence-corrected chi connectivity index (χ2v) is 5.61. The van der Waals surface area contributed by atoms with Gasteiger partial charge in [-0.3, -0.25) is 0 Å². The first-order valence-electron chi connectivity index (χ1n) is 6.42. The Morgan fingerprint density at radius 1 is 0.842 bits per heavy atom. The normalized spacial score (nSPS) is 12.5. The smallest absolute Gasteiger partial charge is 0.104 e. The monoisotopic (exact) mass is 274 g/mol. The Hall–Kier alpha value is -1.31. The van der Waals surface area contributed by atoms with Crippen LogP contribution in [0.4, 0.5) is 0 Å². The number of aliphatic hydroxyl groups excluding tert-OH is 1. The molecule has 1 N–H and O–H groups in total. The topological polar surface area (TPSA) is 20.2 Å². The lowest BCUT2D eigenvalue weighted by Crippen LogP contribution is -2.03. The van der Waals surface area contributed by atoms with Crippen molar-refractivity contribution in [3.63, 3.8) is 0 Å². The molecule has 0 amide bonds. The summed E-state index contributed by atoms with van der Waals surface area (Å²) in [4.78, 5) is 0. The molecule has 0 bridgehead atoms. The molecule has 0 aliphatic heterocycles. The summed E-state index contributed by atoms with van der Waals surface area (Å²) < 4.78 is 0. The summed E-state index contributed by atoms with van der Waals surface area (Å²) in [6, 6.07) is 9.89. The van der Waals surface area contributed by atoms with Crippen LogP contribution in [0, 0.1) is 27.7 Å². The maximum atomic E-state index is 10.5. The van der Waals surface area contributed by atoms with E-state index in [0.29, 0.717) is 5.02 Å². The molecule has 0 saturated carbocycles. The first kappa shape index (κ1) is 14.1. The largest absolute Gasteiger partial charge is 0.384 e. The fourth-order valence-electron chi connectivity index (χ4n) is 2.24. The lowest BCUT2D eigenvalue weighted by Gasteiger charge is -2.17. The van der Waals surface area contributed by atoms with Crippen molar-refractivity contribution in [2.75, 3.05) is 0 Å². The molecule has 1 unspecified atom stereocenters. The lowest BCUT2D eigenvalue weighted by atomic mass is 9.93. The SMILES string of the molecule is Cc1cc(C)c(C(O)c2ccc(C)c(Cl)c2)cc1C. The van der Waals surface area contributed by atoms with Gasteiger partial charge >= 0.3 is 0 Å². The highest BCUT2D eigenvalue weighted by Crippen LogP contribution is 2.29. The minimum atomic E-state index is -0.627. The lowest BCUT2D eigenvalue weighted by molar-refractivity contribution is 0.219. The second kappa shape index (κ2) is 5.36. The highest BCUT2D eigenvalue weighted by atomic mass is 35.5. The first-order chi connectivity index (χ1) is 8.90. The van der Waals surface area contributed by atoms with Crippen molar-refractivity contribution in [2.45, 2.75) is 33.8 Å². The van der Waals surface area contributed by atoms with Crippen LogP contribution < -0.4 is 0 Å². The van der Waals surface area contributed by atoms with E-state index in [1.54, 1.807) is 0 Å². The molecule has 0 aromatic heterocycles. The Bertz CT molecular complexity index is 617. The van der Waals surface area contributed by atoms with Gasteiger partial charge in [0, 0.05) is 5.02 Å². The van der Waals surface area contributed by atoms with E-state index in [1.165, 1.54) is 11.1 Å². The zero-order chi connectivity index (χ0) is 14.2. The summed E-state index contributed by atoms with van der Waals surface area (Å²) in [5.74, 6) is 0. The molecule has 1 atom stereocenters. The van der Waals surface area contributed by atoms with Crippen LogP contribution >= 0.6 is 11.6 Å². The zero-order valence-corrected chi connectivity index (χ0v) is 12.5. The van der Waals surface area contributed by atoms with Crippen molar-refractivity contribution in [1.29, 1.82) is 0 Å². The number of halogens is 1. The highest BCUT2D eigenvalue weighted by Gasteiger charge is 2.14. The number of aryl methyl sites for hydroxylation is 4. The van der Waals surface area contributed by atoms with Gasteiger partial charge in [-0.15, -0.1) is 0 Å². The summed E-state index contributed by atoms with van der Waals surface area (Å²) in [5.41, 5.74) is 6.35. The van der Waals surface area contributed by atoms with Crippen LogP contribution in [0.3, 0.4) is 0 Å². The van der Waals surface area contributed by atoms with Crippen molar-refractivity contribution in [3.8, 4) is 0 Å². The van der Waals surface area contributed by atoms with Gasteiger partial charge in [0.05, 0.1) is 0 Å². The first-order valence-corrected chi connectivity index (χ1v) is 6.80. The molecule has 1 nitrogen and oxygen atoms in total. The predicted octanol–water partition coefficient (Wildman–Crippen LogP) is 4.66. The van der Waals surface area contributed by atoms with Gasteiger partial charge in [-0.05, 0) is 67.1 Å². The third-order valence-corrected chi connectivity index (χ3v) is 4.10. The van der Waals surface area contributed by atoms with Gasteiger partial charge < -0.3 is 5.11 Å². The number of hydrogen-bond acceptors (Lipinski definition) is 1. The molecular weight excluding hydrogens is 256 g/mol. The third kappa shape index (κ3) is 2.83. The van der Waals surface area contributed by atoms with E-state index in [1.807, 2.05) is 32.0 Å². The van der Waals surface area contributed by atoms with E-state index in [0.717, 1.165) is 22.3 Å². The molecular formula is C17H19ClO. The standard InChI is InChI=1S/C17H19ClO/c1-10-5-6-14(9-16(10)18)17(19)15-8-12(3)11(2)7-13(15)4/h5-9,17,19H,1-4H3. The minimum absolute atomic E-state index is 0.627. The Kier molecular flexibility index (Phi) is 3.98. The van der Waals surface area contributed by atoms with E-state index in [-0.39, 0.29) is 0 Å². The molecule has 19 heavy (non-hydrogen) atoms. The van der Waals surface area contributed by atoms with Gasteiger partial charge in [0.2, 0.25) is 0 Å². The zero-order valence-electron chi connectivity index (χ0n) is 11.8. The van der Waals surface area contributed by atoms with E-state index < -0.39 is 6.10 Å². The van der Waals surface area contributed by atoms with Gasteiger partial charge in [0.15, 0.2) is 0 Å².